The van der Waals surface area contributed by atoms with Gasteiger partial charge in [0.2, 0.25) is 0 Å². The van der Waals surface area contributed by atoms with Gasteiger partial charge in [-0.05, 0) is 12.1 Å². The van der Waals surface area contributed by atoms with Gasteiger partial charge in [-0.15, -0.1) is 0 Å². The fraction of sp³-hybridized carbons (Fsp3) is 0.462. The van der Waals surface area contributed by atoms with E-state index < -0.39 is 37.1 Å². The molecule has 0 aliphatic rings. The largest absolute Gasteiger partial charge is 0.394 e. The highest BCUT2D eigenvalue weighted by Crippen LogP contribution is 2.21. The van der Waals surface area contributed by atoms with Crippen LogP contribution >= 0.6 is 0 Å². The van der Waals surface area contributed by atoms with Crippen LogP contribution in [-0.4, -0.2) is 71.6 Å². The maximum Gasteiger partial charge on any atom is 0.140 e. The summed E-state index contributed by atoms with van der Waals surface area (Å²) in [5.41, 5.74) is 1.22. The third-order valence-electron chi connectivity index (χ3n) is 3.29. The molecule has 2 rings (SSSR count). The Bertz CT molecular complexity index is 556. The molecule has 8 heteroatoms. The molecule has 0 unspecified atom stereocenters. The van der Waals surface area contributed by atoms with Gasteiger partial charge in [0.1, 0.15) is 36.3 Å². The molecule has 1 aromatic heterocycles. The van der Waals surface area contributed by atoms with E-state index in [1.807, 2.05) is 0 Å². The standard InChI is InChI=1S/C13H18N2O6/c16-5-8(17)9(18)10(19)11(20)12(21)13-14-6-3-1-2-4-7(6)15-13/h1-4,8-12,16-21H,5H2,(H,14,15)/t8-,9-,10+,11-,12-/m0/s1. The minimum absolute atomic E-state index is 0.0217. The maximum atomic E-state index is 10.0. The highest BCUT2D eigenvalue weighted by atomic mass is 16.4. The summed E-state index contributed by atoms with van der Waals surface area (Å²) in [4.78, 5) is 6.86. The zero-order chi connectivity index (χ0) is 15.6. The molecular weight excluding hydrogens is 280 g/mol. The van der Waals surface area contributed by atoms with Crippen molar-refractivity contribution in [3.8, 4) is 0 Å². The fourth-order valence-corrected chi connectivity index (χ4v) is 2.00. The predicted molar refractivity (Wildman–Crippen MR) is 72.2 cm³/mol. The zero-order valence-corrected chi connectivity index (χ0v) is 11.0. The van der Waals surface area contributed by atoms with Gasteiger partial charge in [-0.3, -0.25) is 0 Å². The van der Waals surface area contributed by atoms with Crippen LogP contribution < -0.4 is 0 Å². The smallest absolute Gasteiger partial charge is 0.140 e. The van der Waals surface area contributed by atoms with Crippen LogP contribution in [0.4, 0.5) is 0 Å². The molecule has 0 aliphatic heterocycles. The van der Waals surface area contributed by atoms with E-state index in [4.69, 9.17) is 5.11 Å². The lowest BCUT2D eigenvalue weighted by molar-refractivity contribution is -0.142. The van der Waals surface area contributed by atoms with Crippen molar-refractivity contribution >= 4 is 11.0 Å². The summed E-state index contributed by atoms with van der Waals surface area (Å²) >= 11 is 0. The lowest BCUT2D eigenvalue weighted by Crippen LogP contribution is -2.47. The van der Waals surface area contributed by atoms with E-state index in [1.54, 1.807) is 24.3 Å². The molecule has 1 heterocycles. The number of nitrogens with zero attached hydrogens (tertiary/aromatic N) is 1. The number of nitrogens with one attached hydrogen (secondary N) is 1. The Morgan fingerprint density at radius 3 is 2.24 bits per heavy atom. The highest BCUT2D eigenvalue weighted by molar-refractivity contribution is 5.74. The lowest BCUT2D eigenvalue weighted by atomic mass is 9.99. The number of benzene rings is 1. The molecule has 8 nitrogen and oxygen atoms in total. The summed E-state index contributed by atoms with van der Waals surface area (Å²) < 4.78 is 0. The van der Waals surface area contributed by atoms with Gasteiger partial charge in [-0.25, -0.2) is 4.98 Å². The van der Waals surface area contributed by atoms with E-state index in [2.05, 4.69) is 9.97 Å². The van der Waals surface area contributed by atoms with Crippen molar-refractivity contribution in [2.45, 2.75) is 30.5 Å². The Labute approximate surface area is 119 Å². The van der Waals surface area contributed by atoms with Gasteiger partial charge in [0.05, 0.1) is 17.6 Å². The Morgan fingerprint density at radius 1 is 0.952 bits per heavy atom. The number of H-pyrrole nitrogens is 1. The van der Waals surface area contributed by atoms with Crippen molar-refractivity contribution in [3.63, 3.8) is 0 Å². The van der Waals surface area contributed by atoms with Gasteiger partial charge in [0.25, 0.3) is 0 Å². The van der Waals surface area contributed by atoms with Crippen LogP contribution in [0.5, 0.6) is 0 Å². The monoisotopic (exact) mass is 298 g/mol. The summed E-state index contributed by atoms with van der Waals surface area (Å²) in [7, 11) is 0. The lowest BCUT2D eigenvalue weighted by Gasteiger charge is -2.27. The number of aliphatic hydroxyl groups is 6. The van der Waals surface area contributed by atoms with Gasteiger partial charge in [0.15, 0.2) is 0 Å². The Kier molecular flexibility index (Phi) is 4.88. The third-order valence-corrected chi connectivity index (χ3v) is 3.29. The second-order valence-electron chi connectivity index (χ2n) is 4.81. The number of para-hydroxylation sites is 2. The average molecular weight is 298 g/mol. The average Bonchev–Trinajstić information content (AvgIpc) is 2.95. The summed E-state index contributed by atoms with van der Waals surface area (Å²) in [6, 6.07) is 6.95. The SMILES string of the molecule is OC[C@H](O)[C@H](O)[C@@H](O)[C@H](O)[C@H](O)c1nc2ccccc2[nH]1. The zero-order valence-electron chi connectivity index (χ0n) is 11.0. The molecule has 0 aliphatic carbocycles. The summed E-state index contributed by atoms with van der Waals surface area (Å²) in [5, 5.41) is 57.1. The molecule has 0 saturated carbocycles. The number of hydrogen-bond acceptors (Lipinski definition) is 7. The molecule has 0 bridgehead atoms. The Hall–Kier alpha value is -1.55. The van der Waals surface area contributed by atoms with Crippen LogP contribution in [0.25, 0.3) is 11.0 Å². The molecule has 7 N–H and O–H groups in total. The Morgan fingerprint density at radius 2 is 1.62 bits per heavy atom. The van der Waals surface area contributed by atoms with Crippen molar-refractivity contribution in [2.75, 3.05) is 6.61 Å². The van der Waals surface area contributed by atoms with E-state index in [1.165, 1.54) is 0 Å². The second kappa shape index (κ2) is 6.48. The molecule has 2 aromatic rings. The minimum Gasteiger partial charge on any atom is -0.394 e. The van der Waals surface area contributed by atoms with Crippen LogP contribution in [0.2, 0.25) is 0 Å². The number of fused-ring (bicyclic) bond motifs is 1. The first kappa shape index (κ1) is 15.8. The van der Waals surface area contributed by atoms with Crippen LogP contribution in [0.15, 0.2) is 24.3 Å². The summed E-state index contributed by atoms with van der Waals surface area (Å²) in [5.74, 6) is 0.0217. The van der Waals surface area contributed by atoms with E-state index in [0.717, 1.165) is 0 Å². The van der Waals surface area contributed by atoms with Gasteiger partial charge in [-0.2, -0.15) is 0 Å². The number of aliphatic hydroxyl groups excluding tert-OH is 6. The normalized spacial score (nSPS) is 19.1. The summed E-state index contributed by atoms with van der Waals surface area (Å²) in [6.07, 6.45) is -8.66. The first-order valence-corrected chi connectivity index (χ1v) is 6.41. The minimum atomic E-state index is -1.85. The molecule has 0 radical (unpaired) electrons. The molecular formula is C13H18N2O6. The molecule has 0 amide bonds. The molecule has 0 spiro atoms. The molecule has 1 aromatic carbocycles. The summed E-state index contributed by atoms with van der Waals surface area (Å²) in [6.45, 7) is -0.786. The first-order valence-electron chi connectivity index (χ1n) is 6.41. The van der Waals surface area contributed by atoms with Crippen molar-refractivity contribution < 1.29 is 30.6 Å². The van der Waals surface area contributed by atoms with E-state index in [0.29, 0.717) is 11.0 Å². The number of aromatic nitrogens is 2. The molecule has 0 fully saturated rings. The quantitative estimate of drug-likeness (QED) is 0.327. The van der Waals surface area contributed by atoms with Crippen molar-refractivity contribution in [3.05, 3.63) is 30.1 Å². The number of imidazole rings is 1. The fourth-order valence-electron chi connectivity index (χ4n) is 2.00. The molecule has 5 atom stereocenters. The molecule has 21 heavy (non-hydrogen) atoms. The molecule has 116 valence electrons. The van der Waals surface area contributed by atoms with Crippen LogP contribution in [0.3, 0.4) is 0 Å². The van der Waals surface area contributed by atoms with Gasteiger partial charge < -0.3 is 35.6 Å². The third kappa shape index (κ3) is 3.21. The van der Waals surface area contributed by atoms with Crippen molar-refractivity contribution in [2.24, 2.45) is 0 Å². The van der Waals surface area contributed by atoms with E-state index in [-0.39, 0.29) is 5.82 Å². The number of hydrogen-bond donors (Lipinski definition) is 7. The maximum absolute atomic E-state index is 10.0. The van der Waals surface area contributed by atoms with Gasteiger partial charge >= 0.3 is 0 Å². The van der Waals surface area contributed by atoms with Gasteiger partial charge in [0, 0.05) is 0 Å². The number of aromatic amines is 1. The van der Waals surface area contributed by atoms with E-state index >= 15 is 0 Å². The van der Waals surface area contributed by atoms with Crippen LogP contribution in [0, 0.1) is 0 Å². The number of rotatable bonds is 6. The van der Waals surface area contributed by atoms with Crippen LogP contribution in [-0.2, 0) is 0 Å². The predicted octanol–water partition coefficient (Wildman–Crippen LogP) is -1.97. The first-order chi connectivity index (χ1) is 9.95. The Balaban J connectivity index is 2.16. The highest BCUT2D eigenvalue weighted by Gasteiger charge is 2.35. The second-order valence-corrected chi connectivity index (χ2v) is 4.81. The van der Waals surface area contributed by atoms with Crippen molar-refractivity contribution in [1.29, 1.82) is 0 Å². The van der Waals surface area contributed by atoms with Gasteiger partial charge in [-0.1, -0.05) is 12.1 Å². The molecule has 0 saturated heterocycles. The topological polar surface area (TPSA) is 150 Å². The van der Waals surface area contributed by atoms with Crippen LogP contribution in [0.1, 0.15) is 11.9 Å². The van der Waals surface area contributed by atoms with E-state index in [9.17, 15) is 25.5 Å². The van der Waals surface area contributed by atoms with Crippen molar-refractivity contribution in [1.82, 2.24) is 9.97 Å².